The van der Waals surface area contributed by atoms with Crippen molar-refractivity contribution >= 4 is 11.6 Å². The SMILES string of the molecule is CCC(CC(C)(O)CC)Nc1ccc(CC(=O)NC)cc1. The van der Waals surface area contributed by atoms with Gasteiger partial charge in [0.05, 0.1) is 12.0 Å². The van der Waals surface area contributed by atoms with Crippen LogP contribution >= 0.6 is 0 Å². The Morgan fingerprint density at radius 2 is 1.90 bits per heavy atom. The molecule has 0 aliphatic carbocycles. The lowest BCUT2D eigenvalue weighted by molar-refractivity contribution is -0.119. The number of carbonyl (C=O) groups is 1. The third-order valence-corrected chi connectivity index (χ3v) is 3.91. The topological polar surface area (TPSA) is 61.4 Å². The van der Waals surface area contributed by atoms with Gasteiger partial charge in [0.2, 0.25) is 5.91 Å². The molecule has 1 rings (SSSR count). The Labute approximate surface area is 128 Å². The number of likely N-dealkylation sites (N-methyl/N-ethyl adjacent to an activating group) is 1. The van der Waals surface area contributed by atoms with E-state index in [4.69, 9.17) is 0 Å². The van der Waals surface area contributed by atoms with Crippen LogP contribution in [-0.2, 0) is 11.2 Å². The van der Waals surface area contributed by atoms with Gasteiger partial charge in [0.1, 0.15) is 0 Å². The summed E-state index contributed by atoms with van der Waals surface area (Å²) < 4.78 is 0. The maximum atomic E-state index is 11.3. The molecule has 118 valence electrons. The summed E-state index contributed by atoms with van der Waals surface area (Å²) in [6.07, 6.45) is 2.82. The Bertz CT molecular complexity index is 441. The van der Waals surface area contributed by atoms with Crippen molar-refractivity contribution in [3.63, 3.8) is 0 Å². The van der Waals surface area contributed by atoms with E-state index >= 15 is 0 Å². The van der Waals surface area contributed by atoms with Crippen LogP contribution in [0.4, 0.5) is 5.69 Å². The van der Waals surface area contributed by atoms with Gasteiger partial charge in [-0.2, -0.15) is 0 Å². The van der Waals surface area contributed by atoms with Gasteiger partial charge in [-0.15, -0.1) is 0 Å². The first-order valence-electron chi connectivity index (χ1n) is 7.68. The molecule has 0 spiro atoms. The van der Waals surface area contributed by atoms with Crippen LogP contribution in [0.5, 0.6) is 0 Å². The lowest BCUT2D eigenvalue weighted by Gasteiger charge is -2.28. The van der Waals surface area contributed by atoms with Gasteiger partial charge in [0.15, 0.2) is 0 Å². The maximum Gasteiger partial charge on any atom is 0.224 e. The first-order chi connectivity index (χ1) is 9.90. The van der Waals surface area contributed by atoms with Crippen molar-refractivity contribution < 1.29 is 9.90 Å². The van der Waals surface area contributed by atoms with E-state index in [0.717, 1.165) is 30.5 Å². The number of amides is 1. The smallest absolute Gasteiger partial charge is 0.224 e. The second kappa shape index (κ2) is 8.03. The number of benzene rings is 1. The van der Waals surface area contributed by atoms with Gasteiger partial charge in [0.25, 0.3) is 0 Å². The van der Waals surface area contributed by atoms with Gasteiger partial charge in [0, 0.05) is 18.8 Å². The highest BCUT2D eigenvalue weighted by molar-refractivity contribution is 5.78. The third kappa shape index (κ3) is 6.17. The van der Waals surface area contributed by atoms with Crippen molar-refractivity contribution in [2.24, 2.45) is 0 Å². The lowest BCUT2D eigenvalue weighted by atomic mass is 9.93. The van der Waals surface area contributed by atoms with Crippen LogP contribution in [0.3, 0.4) is 0 Å². The molecule has 2 unspecified atom stereocenters. The Hall–Kier alpha value is -1.55. The summed E-state index contributed by atoms with van der Waals surface area (Å²) >= 11 is 0. The molecule has 1 aromatic carbocycles. The minimum absolute atomic E-state index is 0.0149. The fraction of sp³-hybridized carbons (Fsp3) is 0.588. The van der Waals surface area contributed by atoms with E-state index < -0.39 is 5.60 Å². The van der Waals surface area contributed by atoms with Crippen LogP contribution in [0.2, 0.25) is 0 Å². The summed E-state index contributed by atoms with van der Waals surface area (Å²) in [5, 5.41) is 16.3. The molecule has 3 N–H and O–H groups in total. The minimum Gasteiger partial charge on any atom is -0.390 e. The van der Waals surface area contributed by atoms with E-state index in [1.165, 1.54) is 0 Å². The average Bonchev–Trinajstić information content (AvgIpc) is 2.48. The molecule has 1 amide bonds. The van der Waals surface area contributed by atoms with Crippen molar-refractivity contribution in [1.82, 2.24) is 5.32 Å². The van der Waals surface area contributed by atoms with Crippen molar-refractivity contribution in [2.75, 3.05) is 12.4 Å². The molecule has 1 aromatic rings. The van der Waals surface area contributed by atoms with Crippen LogP contribution in [0.15, 0.2) is 24.3 Å². The number of rotatable bonds is 8. The Balaban J connectivity index is 2.63. The number of carbonyl (C=O) groups excluding carboxylic acids is 1. The molecule has 4 heteroatoms. The lowest BCUT2D eigenvalue weighted by Crippen LogP contribution is -2.32. The Kier molecular flexibility index (Phi) is 6.69. The van der Waals surface area contributed by atoms with E-state index in [0.29, 0.717) is 6.42 Å². The second-order valence-corrected chi connectivity index (χ2v) is 5.85. The molecule has 0 fully saturated rings. The van der Waals surface area contributed by atoms with E-state index in [2.05, 4.69) is 17.6 Å². The molecular formula is C17H28N2O2. The van der Waals surface area contributed by atoms with Crippen molar-refractivity contribution in [3.05, 3.63) is 29.8 Å². The average molecular weight is 292 g/mol. The van der Waals surface area contributed by atoms with E-state index in [1.807, 2.05) is 38.1 Å². The minimum atomic E-state index is -0.632. The molecule has 21 heavy (non-hydrogen) atoms. The summed E-state index contributed by atoms with van der Waals surface area (Å²) in [5.41, 5.74) is 1.38. The van der Waals surface area contributed by atoms with Crippen molar-refractivity contribution in [2.45, 2.75) is 58.1 Å². The van der Waals surface area contributed by atoms with Crippen LogP contribution < -0.4 is 10.6 Å². The first-order valence-corrected chi connectivity index (χ1v) is 7.68. The van der Waals surface area contributed by atoms with Gasteiger partial charge >= 0.3 is 0 Å². The van der Waals surface area contributed by atoms with E-state index in [-0.39, 0.29) is 11.9 Å². The molecule has 0 heterocycles. The van der Waals surface area contributed by atoms with Crippen LogP contribution in [0, 0.1) is 0 Å². The number of hydrogen-bond acceptors (Lipinski definition) is 3. The van der Waals surface area contributed by atoms with Gasteiger partial charge < -0.3 is 15.7 Å². The molecule has 0 aromatic heterocycles. The molecule has 0 bridgehead atoms. The quantitative estimate of drug-likeness (QED) is 0.690. The predicted octanol–water partition coefficient (Wildman–Crippen LogP) is 2.72. The van der Waals surface area contributed by atoms with Gasteiger partial charge in [-0.05, 0) is 43.9 Å². The molecular weight excluding hydrogens is 264 g/mol. The maximum absolute atomic E-state index is 11.3. The number of hydrogen-bond donors (Lipinski definition) is 3. The second-order valence-electron chi connectivity index (χ2n) is 5.85. The molecule has 2 atom stereocenters. The van der Waals surface area contributed by atoms with E-state index in [1.54, 1.807) is 7.05 Å². The highest BCUT2D eigenvalue weighted by Gasteiger charge is 2.22. The van der Waals surface area contributed by atoms with Crippen molar-refractivity contribution in [3.8, 4) is 0 Å². The van der Waals surface area contributed by atoms with Gasteiger partial charge in [-0.1, -0.05) is 26.0 Å². The zero-order chi connectivity index (χ0) is 15.9. The van der Waals surface area contributed by atoms with E-state index in [9.17, 15) is 9.90 Å². The van der Waals surface area contributed by atoms with Gasteiger partial charge in [-0.25, -0.2) is 0 Å². The summed E-state index contributed by atoms with van der Waals surface area (Å²) in [6.45, 7) is 5.99. The molecule has 0 aliphatic heterocycles. The normalized spacial score (nSPS) is 15.1. The summed E-state index contributed by atoms with van der Waals surface area (Å²) in [4.78, 5) is 11.3. The zero-order valence-corrected chi connectivity index (χ0v) is 13.6. The summed E-state index contributed by atoms with van der Waals surface area (Å²) in [7, 11) is 1.64. The highest BCUT2D eigenvalue weighted by Crippen LogP contribution is 2.21. The zero-order valence-electron chi connectivity index (χ0n) is 13.6. The summed E-state index contributed by atoms with van der Waals surface area (Å²) in [5.74, 6) is 0.0149. The molecule has 0 radical (unpaired) electrons. The Morgan fingerprint density at radius 3 is 2.38 bits per heavy atom. The fourth-order valence-corrected chi connectivity index (χ4v) is 2.20. The summed E-state index contributed by atoms with van der Waals surface area (Å²) in [6, 6.07) is 8.14. The largest absolute Gasteiger partial charge is 0.390 e. The monoisotopic (exact) mass is 292 g/mol. The van der Waals surface area contributed by atoms with Gasteiger partial charge in [-0.3, -0.25) is 4.79 Å². The fourth-order valence-electron chi connectivity index (χ4n) is 2.20. The molecule has 0 aliphatic rings. The van der Waals surface area contributed by atoms with Crippen molar-refractivity contribution in [1.29, 1.82) is 0 Å². The van der Waals surface area contributed by atoms with Crippen LogP contribution in [0.25, 0.3) is 0 Å². The van der Waals surface area contributed by atoms with Crippen LogP contribution in [0.1, 0.15) is 45.6 Å². The third-order valence-electron chi connectivity index (χ3n) is 3.91. The highest BCUT2D eigenvalue weighted by atomic mass is 16.3. The number of nitrogens with one attached hydrogen (secondary N) is 2. The number of aliphatic hydroxyl groups is 1. The standard InChI is InChI=1S/C17H28N2O2/c1-5-14(12-17(3,21)6-2)19-15-9-7-13(8-10-15)11-16(20)18-4/h7-10,14,19,21H,5-6,11-12H2,1-4H3,(H,18,20). The predicted molar refractivity (Wildman–Crippen MR) is 87.4 cm³/mol. The molecule has 4 nitrogen and oxygen atoms in total. The van der Waals surface area contributed by atoms with Crippen LogP contribution in [-0.4, -0.2) is 29.7 Å². The molecule has 0 saturated heterocycles. The first kappa shape index (κ1) is 17.5. The number of anilines is 1. The Morgan fingerprint density at radius 1 is 1.29 bits per heavy atom. The molecule has 0 saturated carbocycles.